The first-order chi connectivity index (χ1) is 16.0. The second kappa shape index (κ2) is 15.0. The minimum Gasteiger partial charge on any atom is -0.508 e. The molecule has 166 valence electrons. The monoisotopic (exact) mass is 418 g/mol. The predicted octanol–water partition coefficient (Wildman–Crippen LogP) is 4.11. The van der Waals surface area contributed by atoms with Gasteiger partial charge in [0.25, 0.3) is 0 Å². The maximum absolute atomic E-state index is 9.69. The summed E-state index contributed by atoms with van der Waals surface area (Å²) in [4.78, 5) is 0. The summed E-state index contributed by atoms with van der Waals surface area (Å²) in [5.41, 5.74) is 1.83. The van der Waals surface area contributed by atoms with E-state index in [0.717, 1.165) is 58.2 Å². The van der Waals surface area contributed by atoms with Gasteiger partial charge in [0.15, 0.2) is 0 Å². The molecule has 2 aromatic carbocycles. The highest BCUT2D eigenvalue weighted by molar-refractivity contribution is 5.36. The quantitative estimate of drug-likeness (QED) is 0.291. The lowest BCUT2D eigenvalue weighted by Gasteiger charge is -2.14. The van der Waals surface area contributed by atoms with Crippen molar-refractivity contribution in [3.63, 3.8) is 0 Å². The molecule has 0 aliphatic carbocycles. The van der Waals surface area contributed by atoms with E-state index in [0.29, 0.717) is 6.54 Å². The Morgan fingerprint density at radius 1 is 1.00 bits per heavy atom. The van der Waals surface area contributed by atoms with E-state index in [1.807, 2.05) is 6.07 Å². The maximum Gasteiger partial charge on any atom is 0.211 e. The van der Waals surface area contributed by atoms with E-state index in [2.05, 4.69) is 34.7 Å². The molecule has 0 heterocycles. The highest BCUT2D eigenvalue weighted by Crippen LogP contribution is 2.22. The maximum atomic E-state index is 9.69. The van der Waals surface area contributed by atoms with Gasteiger partial charge in [0.2, 0.25) is 1.43 Å². The molecule has 0 aromatic heterocycles. The summed E-state index contributed by atoms with van der Waals surface area (Å²) in [6.07, 6.45) is 5.19. The zero-order valence-corrected chi connectivity index (χ0v) is 17.7. The van der Waals surface area contributed by atoms with Crippen LogP contribution in [0.4, 0.5) is 0 Å². The van der Waals surface area contributed by atoms with Gasteiger partial charge in [-0.3, -0.25) is 0 Å². The summed E-state index contributed by atoms with van der Waals surface area (Å²) < 4.78 is 29.7. The van der Waals surface area contributed by atoms with E-state index in [-0.39, 0.29) is 16.9 Å². The third-order valence-corrected chi connectivity index (χ3v) is 4.97. The molecule has 2 aromatic rings. The van der Waals surface area contributed by atoms with Crippen LogP contribution in [0.15, 0.2) is 48.5 Å². The van der Waals surface area contributed by atoms with Crippen LogP contribution in [-0.4, -0.2) is 43.0 Å². The molecule has 2 unspecified atom stereocenters. The Morgan fingerprint density at radius 2 is 1.77 bits per heavy atom. The summed E-state index contributed by atoms with van der Waals surface area (Å²) in [7, 11) is 0. The number of unbranched alkanes of at least 4 members (excludes halogenated alkanes) is 4. The summed E-state index contributed by atoms with van der Waals surface area (Å²) in [5.74, 6) is -0.0979. The fraction of sp³-hybridized carbons (Fsp3) is 0.520. The van der Waals surface area contributed by atoms with Crippen molar-refractivity contribution in [1.82, 2.24) is 5.32 Å². The Bertz CT molecular complexity index is 796. The number of rotatable bonds is 17. The smallest absolute Gasteiger partial charge is 0.211 e. The van der Waals surface area contributed by atoms with E-state index in [4.69, 9.17) is 8.91 Å². The highest BCUT2D eigenvalue weighted by atomic mass is 16.5. The number of aliphatic hydroxyl groups excluding tert-OH is 1. The fourth-order valence-electron chi connectivity index (χ4n) is 3.18. The van der Waals surface area contributed by atoms with Crippen LogP contribution in [0.3, 0.4) is 0 Å². The molecular weight excluding hydrogens is 378 g/mol. The Hall–Kier alpha value is -1.92. The number of hydrogen-bond donors (Lipinski definition) is 4. The fourth-order valence-corrected chi connectivity index (χ4v) is 3.18. The zero-order valence-electron chi connectivity index (χ0n) is 20.7. The van der Waals surface area contributed by atoms with Gasteiger partial charge < -0.3 is 25.4 Å². The largest absolute Gasteiger partial charge is 0.508 e. The summed E-state index contributed by atoms with van der Waals surface area (Å²) in [6, 6.07) is 14.6. The molecule has 0 aliphatic heterocycles. The van der Waals surface area contributed by atoms with Gasteiger partial charge >= 0.3 is 0 Å². The predicted molar refractivity (Wildman–Crippen MR) is 121 cm³/mol. The van der Waals surface area contributed by atoms with Crippen LogP contribution < -0.4 is 5.32 Å². The highest BCUT2D eigenvalue weighted by Gasteiger charge is 2.09. The Balaban J connectivity index is 1.54. The van der Waals surface area contributed by atoms with E-state index in [1.165, 1.54) is 23.8 Å². The van der Waals surface area contributed by atoms with Crippen molar-refractivity contribution >= 4 is 0 Å². The zero-order chi connectivity index (χ0) is 23.9. The van der Waals surface area contributed by atoms with Gasteiger partial charge in [-0.1, -0.05) is 49.2 Å². The first-order valence-electron chi connectivity index (χ1n) is 12.3. The van der Waals surface area contributed by atoms with Crippen molar-refractivity contribution in [1.29, 1.82) is 1.43 Å². The molecule has 4 N–H and O–H groups in total. The molecule has 0 amide bonds. The lowest BCUT2D eigenvalue weighted by atomic mass is 10.1. The Morgan fingerprint density at radius 3 is 2.53 bits per heavy atom. The minimum absolute atomic E-state index is 0.0979. The van der Waals surface area contributed by atoms with Crippen molar-refractivity contribution in [3.05, 3.63) is 65.2 Å². The van der Waals surface area contributed by atoms with Gasteiger partial charge in [-0.25, -0.2) is 0 Å². The first-order valence-corrected chi connectivity index (χ1v) is 10.9. The molecule has 0 fully saturated rings. The molecule has 0 aliphatic rings. The minimum atomic E-state index is -1.97. The van der Waals surface area contributed by atoms with Crippen molar-refractivity contribution in [2.75, 3.05) is 26.3 Å². The van der Waals surface area contributed by atoms with E-state index in [9.17, 15) is 10.2 Å². The molecule has 5 nitrogen and oxygen atoms in total. The van der Waals surface area contributed by atoms with Gasteiger partial charge in [-0.2, -0.15) is 0 Å². The van der Waals surface area contributed by atoms with Gasteiger partial charge in [-0.05, 0) is 61.9 Å². The van der Waals surface area contributed by atoms with Gasteiger partial charge in [0, 0.05) is 26.7 Å². The van der Waals surface area contributed by atoms with Crippen LogP contribution >= 0.6 is 0 Å². The Labute approximate surface area is 185 Å². The van der Waals surface area contributed by atoms with Crippen LogP contribution in [0.1, 0.15) is 64.0 Å². The molecule has 0 saturated heterocycles. The standard InChI is InChI=1S/C25H37NO4/c27-20-23-18-22(13-14-24(23)28)25(29)19-26-15-7-1-2-8-16-30-17-9-6-12-21-10-4-3-5-11-21/h3-5,10-11,13-14,18,25-29H,1-2,6-9,12,15-17,19-20H2/i19D,25D,29D. The molecular formula is C25H37NO4. The summed E-state index contributed by atoms with van der Waals surface area (Å²) >= 11 is 0. The first kappa shape index (κ1) is 20.0. The normalized spacial score (nSPS) is 15.7. The van der Waals surface area contributed by atoms with E-state index >= 15 is 0 Å². The third-order valence-electron chi connectivity index (χ3n) is 4.97. The summed E-state index contributed by atoms with van der Waals surface area (Å²) in [5, 5.41) is 26.5. The second-order valence-electron chi connectivity index (χ2n) is 7.43. The molecule has 5 heteroatoms. The van der Waals surface area contributed by atoms with Gasteiger partial charge in [0.1, 0.15) is 5.75 Å². The van der Waals surface area contributed by atoms with Crippen LogP contribution in [-0.2, 0) is 17.8 Å². The number of ether oxygens (including phenoxy) is 1. The number of aryl methyl sites for hydroxylation is 1. The van der Waals surface area contributed by atoms with E-state index < -0.39 is 19.2 Å². The van der Waals surface area contributed by atoms with Gasteiger partial charge in [-0.15, -0.1) is 0 Å². The van der Waals surface area contributed by atoms with Crippen LogP contribution in [0.2, 0.25) is 0 Å². The number of hydrogen-bond acceptors (Lipinski definition) is 5. The third kappa shape index (κ3) is 9.72. The number of benzene rings is 2. The number of aromatic hydroxyl groups is 1. The molecule has 0 radical (unpaired) electrons. The van der Waals surface area contributed by atoms with Crippen molar-refractivity contribution in [3.8, 4) is 5.75 Å². The number of aliphatic hydroxyl groups is 2. The van der Waals surface area contributed by atoms with Crippen molar-refractivity contribution in [2.24, 2.45) is 0 Å². The van der Waals surface area contributed by atoms with Crippen LogP contribution in [0, 0.1) is 0 Å². The molecule has 0 spiro atoms. The average molecular weight is 419 g/mol. The molecule has 2 atom stereocenters. The number of phenols is 1. The van der Waals surface area contributed by atoms with Crippen LogP contribution in [0.25, 0.3) is 0 Å². The molecule has 2 rings (SSSR count). The average Bonchev–Trinajstić information content (AvgIpc) is 2.84. The van der Waals surface area contributed by atoms with Crippen LogP contribution in [0.5, 0.6) is 5.75 Å². The molecule has 0 saturated carbocycles. The van der Waals surface area contributed by atoms with Gasteiger partial charge in [0.05, 0.1) is 14.1 Å². The van der Waals surface area contributed by atoms with Crippen molar-refractivity contribution < 1.29 is 22.8 Å². The molecule has 30 heavy (non-hydrogen) atoms. The lowest BCUT2D eigenvalue weighted by Crippen LogP contribution is -2.22. The number of nitrogens with one attached hydrogen (secondary N) is 1. The van der Waals surface area contributed by atoms with E-state index in [1.54, 1.807) is 0 Å². The lowest BCUT2D eigenvalue weighted by molar-refractivity contribution is 0.126. The SMILES string of the molecule is [2H]OC([2H])(c1ccc(O)c(CO)c1)C([2H])NCCCCCCOCCCCc1ccccc1. The molecule has 0 bridgehead atoms. The Kier molecular flexibility index (Phi) is 9.98. The second-order valence-corrected chi connectivity index (χ2v) is 7.43. The summed E-state index contributed by atoms with van der Waals surface area (Å²) in [6.45, 7) is 0.495. The van der Waals surface area contributed by atoms with Crippen molar-refractivity contribution in [2.45, 2.75) is 57.6 Å². The topological polar surface area (TPSA) is 82.0 Å².